The second kappa shape index (κ2) is 4.46. The number of primary amides is 1. The van der Waals surface area contributed by atoms with Gasteiger partial charge in [-0.3, -0.25) is 4.79 Å². The molecule has 4 heteroatoms. The molecule has 1 heterocycles. The van der Waals surface area contributed by atoms with Crippen LogP contribution in [-0.2, 0) is 0 Å². The molecule has 0 unspecified atom stereocenters. The van der Waals surface area contributed by atoms with Crippen molar-refractivity contribution in [2.24, 2.45) is 5.73 Å². The van der Waals surface area contributed by atoms with Crippen LogP contribution in [0, 0.1) is 13.8 Å². The highest BCUT2D eigenvalue weighted by atomic mass is 32.2. The van der Waals surface area contributed by atoms with Crippen molar-refractivity contribution in [2.75, 3.05) is 5.75 Å². The molecule has 0 aromatic carbocycles. The molecule has 0 atom stereocenters. The maximum absolute atomic E-state index is 11.2. The highest BCUT2D eigenvalue weighted by Crippen LogP contribution is 2.23. The van der Waals surface area contributed by atoms with Gasteiger partial charge in [0.1, 0.15) is 5.03 Å². The first-order valence-electron chi connectivity index (χ1n) is 4.47. The lowest BCUT2D eigenvalue weighted by Crippen LogP contribution is -2.15. The molecule has 1 amide bonds. The molecule has 1 aromatic rings. The number of nitrogens with two attached hydrogens (primary N) is 1. The van der Waals surface area contributed by atoms with Crippen molar-refractivity contribution in [2.45, 2.75) is 25.8 Å². The molecule has 0 fully saturated rings. The third-order valence-corrected chi connectivity index (χ3v) is 2.70. The summed E-state index contributed by atoms with van der Waals surface area (Å²) in [6.45, 7) is 5.82. The van der Waals surface area contributed by atoms with Crippen LogP contribution in [0.1, 0.15) is 28.5 Å². The van der Waals surface area contributed by atoms with Gasteiger partial charge in [-0.05, 0) is 31.2 Å². The Hall–Kier alpha value is -1.03. The monoisotopic (exact) mass is 210 g/mol. The Balaban J connectivity index is 3.28. The van der Waals surface area contributed by atoms with E-state index in [0.717, 1.165) is 22.0 Å². The first-order chi connectivity index (χ1) is 6.56. The van der Waals surface area contributed by atoms with E-state index in [0.29, 0.717) is 5.56 Å². The lowest BCUT2D eigenvalue weighted by Gasteiger charge is -2.08. The molecular formula is C10H14N2OS. The van der Waals surface area contributed by atoms with Crippen LogP contribution in [-0.4, -0.2) is 16.6 Å². The molecule has 0 aliphatic carbocycles. The highest BCUT2D eigenvalue weighted by molar-refractivity contribution is 7.99. The van der Waals surface area contributed by atoms with Gasteiger partial charge in [-0.25, -0.2) is 4.98 Å². The van der Waals surface area contributed by atoms with Gasteiger partial charge in [-0.1, -0.05) is 6.92 Å². The van der Waals surface area contributed by atoms with E-state index in [1.807, 2.05) is 26.8 Å². The van der Waals surface area contributed by atoms with Crippen molar-refractivity contribution in [3.05, 3.63) is 22.9 Å². The fraction of sp³-hybridized carbons (Fsp3) is 0.400. The predicted molar refractivity (Wildman–Crippen MR) is 58.6 cm³/mol. The Morgan fingerprint density at radius 3 is 2.71 bits per heavy atom. The molecular weight excluding hydrogens is 196 g/mol. The number of rotatable bonds is 3. The number of pyridine rings is 1. The maximum Gasteiger partial charge on any atom is 0.251 e. The van der Waals surface area contributed by atoms with E-state index in [9.17, 15) is 4.79 Å². The first kappa shape index (κ1) is 11.0. The lowest BCUT2D eigenvalue weighted by atomic mass is 10.1. The SMILES string of the molecule is CCSc1nc(C)cc(C)c1C(N)=O. The second-order valence-corrected chi connectivity index (χ2v) is 4.31. The van der Waals surface area contributed by atoms with Crippen LogP contribution in [0.3, 0.4) is 0 Å². The first-order valence-corrected chi connectivity index (χ1v) is 5.45. The molecule has 0 bridgehead atoms. The van der Waals surface area contributed by atoms with Crippen molar-refractivity contribution >= 4 is 17.7 Å². The van der Waals surface area contributed by atoms with Gasteiger partial charge in [0.25, 0.3) is 5.91 Å². The third kappa shape index (κ3) is 2.26. The summed E-state index contributed by atoms with van der Waals surface area (Å²) >= 11 is 1.55. The van der Waals surface area contributed by atoms with E-state index in [-0.39, 0.29) is 0 Å². The Morgan fingerprint density at radius 2 is 2.21 bits per heavy atom. The van der Waals surface area contributed by atoms with Crippen LogP contribution >= 0.6 is 11.8 Å². The Kier molecular flexibility index (Phi) is 3.52. The van der Waals surface area contributed by atoms with E-state index in [1.54, 1.807) is 11.8 Å². The summed E-state index contributed by atoms with van der Waals surface area (Å²) in [6.07, 6.45) is 0. The summed E-state index contributed by atoms with van der Waals surface area (Å²) in [5.74, 6) is 0.488. The maximum atomic E-state index is 11.2. The molecule has 2 N–H and O–H groups in total. The van der Waals surface area contributed by atoms with Gasteiger partial charge >= 0.3 is 0 Å². The number of nitrogens with zero attached hydrogens (tertiary/aromatic N) is 1. The van der Waals surface area contributed by atoms with E-state index in [1.165, 1.54) is 0 Å². The fourth-order valence-electron chi connectivity index (χ4n) is 1.34. The van der Waals surface area contributed by atoms with E-state index >= 15 is 0 Å². The van der Waals surface area contributed by atoms with Crippen LogP contribution in [0.2, 0.25) is 0 Å². The largest absolute Gasteiger partial charge is 0.366 e. The van der Waals surface area contributed by atoms with Crippen molar-refractivity contribution in [1.82, 2.24) is 4.98 Å². The zero-order chi connectivity index (χ0) is 10.7. The smallest absolute Gasteiger partial charge is 0.251 e. The predicted octanol–water partition coefficient (Wildman–Crippen LogP) is 1.91. The van der Waals surface area contributed by atoms with Crippen molar-refractivity contribution in [3.8, 4) is 0 Å². The molecule has 0 saturated carbocycles. The summed E-state index contributed by atoms with van der Waals surface area (Å²) in [6, 6.07) is 1.87. The third-order valence-electron chi connectivity index (χ3n) is 1.84. The molecule has 0 radical (unpaired) electrons. The summed E-state index contributed by atoms with van der Waals surface area (Å²) in [7, 11) is 0. The quantitative estimate of drug-likeness (QED) is 0.775. The molecule has 76 valence electrons. The van der Waals surface area contributed by atoms with Gasteiger partial charge in [0.15, 0.2) is 0 Å². The summed E-state index contributed by atoms with van der Waals surface area (Å²) in [4.78, 5) is 15.5. The number of thioether (sulfide) groups is 1. The number of amides is 1. The number of hydrogen-bond acceptors (Lipinski definition) is 3. The van der Waals surface area contributed by atoms with Crippen molar-refractivity contribution in [3.63, 3.8) is 0 Å². The number of hydrogen-bond donors (Lipinski definition) is 1. The molecule has 1 aromatic heterocycles. The Labute approximate surface area is 88.1 Å². The topological polar surface area (TPSA) is 56.0 Å². The normalized spacial score (nSPS) is 10.2. The highest BCUT2D eigenvalue weighted by Gasteiger charge is 2.13. The van der Waals surface area contributed by atoms with Gasteiger partial charge in [-0.15, -0.1) is 11.8 Å². The summed E-state index contributed by atoms with van der Waals surface area (Å²) in [5, 5.41) is 0.748. The molecule has 0 saturated heterocycles. The van der Waals surface area contributed by atoms with Crippen molar-refractivity contribution in [1.29, 1.82) is 0 Å². The summed E-state index contributed by atoms with van der Waals surface area (Å²) in [5.41, 5.74) is 7.68. The van der Waals surface area contributed by atoms with E-state index in [4.69, 9.17) is 5.73 Å². The standard InChI is InChI=1S/C10H14N2OS/c1-4-14-10-8(9(11)13)6(2)5-7(3)12-10/h5H,4H2,1-3H3,(H2,11,13). The molecule has 1 rings (SSSR count). The molecule has 14 heavy (non-hydrogen) atoms. The summed E-state index contributed by atoms with van der Waals surface area (Å²) < 4.78 is 0. The van der Waals surface area contributed by atoms with Crippen LogP contribution in [0.25, 0.3) is 0 Å². The minimum Gasteiger partial charge on any atom is -0.366 e. The van der Waals surface area contributed by atoms with Crippen LogP contribution in [0.4, 0.5) is 0 Å². The number of aromatic nitrogens is 1. The van der Waals surface area contributed by atoms with Crippen LogP contribution in [0.15, 0.2) is 11.1 Å². The van der Waals surface area contributed by atoms with E-state index < -0.39 is 5.91 Å². The van der Waals surface area contributed by atoms with Gasteiger partial charge in [0.05, 0.1) is 5.56 Å². The average molecular weight is 210 g/mol. The second-order valence-electron chi connectivity index (χ2n) is 3.06. The van der Waals surface area contributed by atoms with Gasteiger partial charge in [0, 0.05) is 5.69 Å². The molecule has 0 aliphatic heterocycles. The Morgan fingerprint density at radius 1 is 1.57 bits per heavy atom. The zero-order valence-corrected chi connectivity index (χ0v) is 9.44. The van der Waals surface area contributed by atoms with Crippen LogP contribution in [0.5, 0.6) is 0 Å². The number of carbonyl (C=O) groups is 1. The minimum atomic E-state index is -0.397. The molecule has 0 spiro atoms. The minimum absolute atomic E-state index is 0.397. The van der Waals surface area contributed by atoms with Gasteiger partial charge in [0.2, 0.25) is 0 Å². The van der Waals surface area contributed by atoms with Gasteiger partial charge in [-0.2, -0.15) is 0 Å². The number of carbonyl (C=O) groups excluding carboxylic acids is 1. The molecule has 0 aliphatic rings. The average Bonchev–Trinajstić information content (AvgIpc) is 2.01. The van der Waals surface area contributed by atoms with Gasteiger partial charge < -0.3 is 5.73 Å². The van der Waals surface area contributed by atoms with Crippen LogP contribution < -0.4 is 5.73 Å². The zero-order valence-electron chi connectivity index (χ0n) is 8.63. The lowest BCUT2D eigenvalue weighted by molar-refractivity contribution is 0.0996. The van der Waals surface area contributed by atoms with E-state index in [2.05, 4.69) is 4.98 Å². The number of aryl methyl sites for hydroxylation is 2. The van der Waals surface area contributed by atoms with Crippen molar-refractivity contribution < 1.29 is 4.79 Å². The molecule has 3 nitrogen and oxygen atoms in total. The fourth-order valence-corrected chi connectivity index (χ4v) is 2.23. The Bertz CT molecular complexity index is 363.